The number of hydrogen-bond donors (Lipinski definition) is 3. The number of carbonyl (C=O) groups excluding carboxylic acids is 2. The zero-order chi connectivity index (χ0) is 18.6. The quantitative estimate of drug-likeness (QED) is 0.622. The van der Waals surface area contributed by atoms with Gasteiger partial charge in [0.1, 0.15) is 6.04 Å². The van der Waals surface area contributed by atoms with E-state index in [-0.39, 0.29) is 36.6 Å². The lowest BCUT2D eigenvalue weighted by Crippen LogP contribution is -2.58. The van der Waals surface area contributed by atoms with Crippen LogP contribution in [0.5, 0.6) is 0 Å². The molecule has 3 N–H and O–H groups in total. The molecule has 1 aliphatic carbocycles. The van der Waals surface area contributed by atoms with Crippen molar-refractivity contribution in [2.24, 2.45) is 0 Å². The van der Waals surface area contributed by atoms with Crippen LogP contribution in [0, 0.1) is 0 Å². The van der Waals surface area contributed by atoms with Crippen LogP contribution < -0.4 is 10.6 Å². The fourth-order valence-electron chi connectivity index (χ4n) is 3.59. The summed E-state index contributed by atoms with van der Waals surface area (Å²) in [5.41, 5.74) is 0. The Labute approximate surface area is 148 Å². The molecule has 0 bridgehead atoms. The number of carboxylic acids is 1. The van der Waals surface area contributed by atoms with E-state index in [9.17, 15) is 14.4 Å². The lowest BCUT2D eigenvalue weighted by atomic mass is 9.85. The second-order valence-corrected chi connectivity index (χ2v) is 7.24. The van der Waals surface area contributed by atoms with Crippen molar-refractivity contribution in [2.75, 3.05) is 19.6 Å². The molecule has 0 spiro atoms. The van der Waals surface area contributed by atoms with E-state index in [1.54, 1.807) is 4.90 Å². The third-order valence-electron chi connectivity index (χ3n) is 4.95. The maximum absolute atomic E-state index is 12.5. The highest BCUT2D eigenvalue weighted by Gasteiger charge is 2.39. The second-order valence-electron chi connectivity index (χ2n) is 7.24. The van der Waals surface area contributed by atoms with Gasteiger partial charge in [-0.2, -0.15) is 0 Å². The third kappa shape index (κ3) is 5.07. The number of nitrogens with zero attached hydrogens (tertiary/aromatic N) is 2. The van der Waals surface area contributed by atoms with E-state index in [1.807, 2.05) is 25.7 Å². The molecule has 1 saturated carbocycles. The maximum Gasteiger partial charge on any atom is 0.318 e. The van der Waals surface area contributed by atoms with Gasteiger partial charge in [-0.05, 0) is 46.1 Å². The van der Waals surface area contributed by atoms with Crippen LogP contribution in [0.1, 0.15) is 46.5 Å². The number of carbonyl (C=O) groups is 3. The largest absolute Gasteiger partial charge is 0.480 e. The van der Waals surface area contributed by atoms with Crippen molar-refractivity contribution < 1.29 is 19.5 Å². The molecule has 2 fully saturated rings. The Bertz CT molecular complexity index is 505. The first kappa shape index (κ1) is 19.5. The summed E-state index contributed by atoms with van der Waals surface area (Å²) < 4.78 is 0. The smallest absolute Gasteiger partial charge is 0.318 e. The first-order valence-corrected chi connectivity index (χ1v) is 9.15. The predicted molar refractivity (Wildman–Crippen MR) is 93.2 cm³/mol. The normalized spacial score (nSPS) is 25.8. The van der Waals surface area contributed by atoms with Crippen molar-refractivity contribution >= 4 is 17.9 Å². The van der Waals surface area contributed by atoms with Gasteiger partial charge in [-0.25, -0.2) is 4.79 Å². The minimum absolute atomic E-state index is 0.0353. The summed E-state index contributed by atoms with van der Waals surface area (Å²) in [4.78, 5) is 39.1. The number of aliphatic carboxylic acids is 1. The van der Waals surface area contributed by atoms with Gasteiger partial charge in [0.25, 0.3) is 0 Å². The fraction of sp³-hybridized carbons (Fsp3) is 0.824. The Morgan fingerprint density at radius 1 is 1.28 bits per heavy atom. The molecule has 25 heavy (non-hydrogen) atoms. The number of nitrogens with one attached hydrogen (secondary N) is 2. The summed E-state index contributed by atoms with van der Waals surface area (Å²) in [6.45, 7) is 7.06. The molecular formula is C17H30N4O4. The van der Waals surface area contributed by atoms with E-state index in [0.29, 0.717) is 19.5 Å². The maximum atomic E-state index is 12.5. The average molecular weight is 354 g/mol. The molecule has 2 rings (SSSR count). The Hall–Kier alpha value is -1.83. The van der Waals surface area contributed by atoms with Crippen LogP contribution in [-0.2, 0) is 9.59 Å². The van der Waals surface area contributed by atoms with Crippen molar-refractivity contribution in [3.63, 3.8) is 0 Å². The van der Waals surface area contributed by atoms with Crippen molar-refractivity contribution in [3.05, 3.63) is 0 Å². The third-order valence-corrected chi connectivity index (χ3v) is 4.95. The number of likely N-dealkylation sites (N-methyl/N-ethyl adjacent to an activating group) is 1. The molecule has 1 heterocycles. The minimum atomic E-state index is -0.827. The van der Waals surface area contributed by atoms with Gasteiger partial charge in [-0.3, -0.25) is 14.5 Å². The summed E-state index contributed by atoms with van der Waals surface area (Å²) in [7, 11) is 0. The standard InChI is InChI=1S/C17H30N4O4/c1-4-20(10-15(22)23)13-8-12(9-13)19-16(24)14-6-5-7-21(14)17(25)18-11(2)3/h11-14H,4-10H2,1-3H3,(H,18,25)(H,19,24)(H,22,23)/t12?,13?,14-/m0/s1. The number of amides is 3. The van der Waals surface area contributed by atoms with Crippen LogP contribution in [-0.4, -0.2) is 76.6 Å². The van der Waals surface area contributed by atoms with Crippen LogP contribution in [0.2, 0.25) is 0 Å². The fourth-order valence-corrected chi connectivity index (χ4v) is 3.59. The molecule has 142 valence electrons. The van der Waals surface area contributed by atoms with Crippen LogP contribution in [0.25, 0.3) is 0 Å². The van der Waals surface area contributed by atoms with Gasteiger partial charge in [0.05, 0.1) is 6.54 Å². The first-order chi connectivity index (χ1) is 11.8. The summed E-state index contributed by atoms with van der Waals surface area (Å²) in [6, 6.07) is -0.276. The molecule has 0 radical (unpaired) electrons. The lowest BCUT2D eigenvalue weighted by Gasteiger charge is -2.42. The molecular weight excluding hydrogens is 324 g/mol. The molecule has 1 atom stereocenters. The first-order valence-electron chi connectivity index (χ1n) is 9.15. The Balaban J connectivity index is 1.81. The molecule has 1 saturated heterocycles. The van der Waals surface area contributed by atoms with Crippen molar-refractivity contribution in [2.45, 2.75) is 70.6 Å². The van der Waals surface area contributed by atoms with Gasteiger partial charge in [-0.1, -0.05) is 6.92 Å². The van der Waals surface area contributed by atoms with E-state index in [1.165, 1.54) is 0 Å². The molecule has 1 aliphatic heterocycles. The molecule has 0 aromatic heterocycles. The SMILES string of the molecule is CCN(CC(=O)O)C1CC(NC(=O)[C@@H]2CCCN2C(=O)NC(C)C)C1. The van der Waals surface area contributed by atoms with E-state index in [2.05, 4.69) is 10.6 Å². The van der Waals surface area contributed by atoms with Gasteiger partial charge in [0.2, 0.25) is 5.91 Å². The summed E-state index contributed by atoms with van der Waals surface area (Å²) in [5.74, 6) is -0.923. The molecule has 0 aromatic rings. The van der Waals surface area contributed by atoms with Crippen LogP contribution in [0.3, 0.4) is 0 Å². The molecule has 0 unspecified atom stereocenters. The second kappa shape index (κ2) is 8.51. The Kier molecular flexibility index (Phi) is 6.64. The van der Waals surface area contributed by atoms with Crippen LogP contribution in [0.4, 0.5) is 4.79 Å². The molecule has 8 heteroatoms. The topological polar surface area (TPSA) is 102 Å². The van der Waals surface area contributed by atoms with Crippen molar-refractivity contribution in [1.82, 2.24) is 20.4 Å². The number of carboxylic acid groups (broad SMARTS) is 1. The van der Waals surface area contributed by atoms with Gasteiger partial charge < -0.3 is 20.6 Å². The van der Waals surface area contributed by atoms with Gasteiger partial charge in [0, 0.05) is 24.7 Å². The van der Waals surface area contributed by atoms with Crippen molar-refractivity contribution in [3.8, 4) is 0 Å². The number of rotatable bonds is 7. The zero-order valence-corrected chi connectivity index (χ0v) is 15.3. The highest BCUT2D eigenvalue weighted by Crippen LogP contribution is 2.26. The van der Waals surface area contributed by atoms with E-state index in [0.717, 1.165) is 19.3 Å². The molecule has 3 amide bonds. The molecule has 2 aliphatic rings. The number of hydrogen-bond acceptors (Lipinski definition) is 4. The average Bonchev–Trinajstić information content (AvgIpc) is 2.97. The van der Waals surface area contributed by atoms with Gasteiger partial charge in [-0.15, -0.1) is 0 Å². The zero-order valence-electron chi connectivity index (χ0n) is 15.3. The van der Waals surface area contributed by atoms with E-state index < -0.39 is 12.0 Å². The van der Waals surface area contributed by atoms with Gasteiger partial charge >= 0.3 is 12.0 Å². The molecule has 0 aromatic carbocycles. The highest BCUT2D eigenvalue weighted by atomic mass is 16.4. The predicted octanol–water partition coefficient (Wildman–Crippen LogP) is 0.623. The van der Waals surface area contributed by atoms with Crippen LogP contribution >= 0.6 is 0 Å². The highest BCUT2D eigenvalue weighted by molar-refractivity contribution is 5.88. The summed E-state index contributed by atoms with van der Waals surface area (Å²) in [5, 5.41) is 14.8. The number of likely N-dealkylation sites (tertiary alicyclic amines) is 1. The number of urea groups is 1. The Morgan fingerprint density at radius 2 is 1.96 bits per heavy atom. The van der Waals surface area contributed by atoms with Crippen LogP contribution in [0.15, 0.2) is 0 Å². The summed E-state index contributed by atoms with van der Waals surface area (Å²) >= 11 is 0. The lowest BCUT2D eigenvalue weighted by molar-refractivity contribution is -0.140. The van der Waals surface area contributed by atoms with E-state index >= 15 is 0 Å². The minimum Gasteiger partial charge on any atom is -0.480 e. The Morgan fingerprint density at radius 3 is 2.52 bits per heavy atom. The summed E-state index contributed by atoms with van der Waals surface area (Å²) in [6.07, 6.45) is 3.04. The van der Waals surface area contributed by atoms with Crippen molar-refractivity contribution in [1.29, 1.82) is 0 Å². The monoisotopic (exact) mass is 354 g/mol. The molecule has 8 nitrogen and oxygen atoms in total. The van der Waals surface area contributed by atoms with Gasteiger partial charge in [0.15, 0.2) is 0 Å². The van der Waals surface area contributed by atoms with E-state index in [4.69, 9.17) is 5.11 Å².